The van der Waals surface area contributed by atoms with E-state index >= 15 is 0 Å². The normalized spacial score (nSPS) is 21.5. The Morgan fingerprint density at radius 3 is 2.69 bits per heavy atom. The monoisotopic (exact) mass is 215 g/mol. The molecule has 1 aliphatic rings. The molecule has 0 amide bonds. The van der Waals surface area contributed by atoms with Crippen LogP contribution >= 0.6 is 22.9 Å². The van der Waals surface area contributed by atoms with Crippen LogP contribution in [0.3, 0.4) is 0 Å². The molecule has 1 nitrogen and oxygen atoms in total. The fourth-order valence-corrected chi connectivity index (χ4v) is 3.24. The summed E-state index contributed by atoms with van der Waals surface area (Å²) in [5.41, 5.74) is 0.448. The highest BCUT2D eigenvalue weighted by atomic mass is 35.5. The van der Waals surface area contributed by atoms with Crippen molar-refractivity contribution in [2.75, 3.05) is 7.05 Å². The van der Waals surface area contributed by atoms with Gasteiger partial charge in [-0.1, -0.05) is 18.5 Å². The van der Waals surface area contributed by atoms with E-state index in [9.17, 15) is 0 Å². The Kier molecular flexibility index (Phi) is 2.39. The highest BCUT2D eigenvalue weighted by molar-refractivity contribution is 7.10. The number of rotatable bonds is 3. The van der Waals surface area contributed by atoms with Gasteiger partial charge in [-0.25, -0.2) is 0 Å². The first-order valence-corrected chi connectivity index (χ1v) is 5.83. The molecule has 1 fully saturated rings. The van der Waals surface area contributed by atoms with Crippen LogP contribution in [-0.2, 0) is 0 Å². The van der Waals surface area contributed by atoms with E-state index in [1.54, 1.807) is 11.3 Å². The van der Waals surface area contributed by atoms with Gasteiger partial charge in [0, 0.05) is 10.9 Å². The molecule has 1 N–H and O–H groups in total. The Morgan fingerprint density at radius 2 is 2.31 bits per heavy atom. The first-order valence-electron chi connectivity index (χ1n) is 4.57. The maximum absolute atomic E-state index is 6.12. The molecule has 1 aromatic heterocycles. The minimum atomic E-state index is 0.444. The zero-order chi connectivity index (χ0) is 9.47. The highest BCUT2D eigenvalue weighted by Crippen LogP contribution is 2.56. The summed E-state index contributed by atoms with van der Waals surface area (Å²) < 4.78 is 0. The van der Waals surface area contributed by atoms with Crippen LogP contribution in [0.5, 0.6) is 0 Å². The lowest BCUT2D eigenvalue weighted by Crippen LogP contribution is -2.23. The molecule has 0 aromatic carbocycles. The first-order chi connectivity index (χ1) is 6.17. The van der Waals surface area contributed by atoms with Crippen molar-refractivity contribution in [1.29, 1.82) is 0 Å². The molecule has 1 aliphatic carbocycles. The smallest absolute Gasteiger partial charge is 0.0561 e. The number of thiophene rings is 1. The second-order valence-electron chi connectivity index (χ2n) is 4.01. The SMILES string of the molecule is CNC(c1sccc1Cl)C1(C)CC1. The third kappa shape index (κ3) is 1.63. The molecule has 1 unspecified atom stereocenters. The van der Waals surface area contributed by atoms with E-state index in [2.05, 4.69) is 17.6 Å². The molecular formula is C10H14ClNS. The topological polar surface area (TPSA) is 12.0 Å². The predicted molar refractivity (Wildman–Crippen MR) is 58.5 cm³/mol. The van der Waals surface area contributed by atoms with Gasteiger partial charge in [-0.15, -0.1) is 11.3 Å². The summed E-state index contributed by atoms with van der Waals surface area (Å²) in [6.45, 7) is 2.32. The molecule has 2 rings (SSSR count). The molecule has 0 aliphatic heterocycles. The molecule has 13 heavy (non-hydrogen) atoms. The van der Waals surface area contributed by atoms with E-state index in [1.165, 1.54) is 17.7 Å². The number of nitrogens with one attached hydrogen (secondary N) is 1. The van der Waals surface area contributed by atoms with Gasteiger partial charge >= 0.3 is 0 Å². The quantitative estimate of drug-likeness (QED) is 0.815. The molecule has 1 heterocycles. The average molecular weight is 216 g/mol. The maximum Gasteiger partial charge on any atom is 0.0561 e. The molecule has 0 bridgehead atoms. The molecule has 0 spiro atoms. The van der Waals surface area contributed by atoms with Crippen molar-refractivity contribution in [3.8, 4) is 0 Å². The Bertz CT molecular complexity index is 304. The largest absolute Gasteiger partial charge is 0.312 e. The van der Waals surface area contributed by atoms with Gasteiger partial charge in [0.1, 0.15) is 0 Å². The summed E-state index contributed by atoms with van der Waals surface area (Å²) >= 11 is 7.87. The lowest BCUT2D eigenvalue weighted by Gasteiger charge is -2.22. The summed E-state index contributed by atoms with van der Waals surface area (Å²) in [6.07, 6.45) is 2.62. The zero-order valence-electron chi connectivity index (χ0n) is 7.93. The first kappa shape index (κ1) is 9.50. The van der Waals surface area contributed by atoms with Crippen LogP contribution in [0, 0.1) is 5.41 Å². The average Bonchev–Trinajstić information content (AvgIpc) is 2.69. The summed E-state index contributed by atoms with van der Waals surface area (Å²) in [4.78, 5) is 1.30. The number of halogens is 1. The Balaban J connectivity index is 2.27. The molecule has 1 saturated carbocycles. The van der Waals surface area contributed by atoms with Gasteiger partial charge < -0.3 is 5.32 Å². The van der Waals surface area contributed by atoms with Crippen LogP contribution in [0.15, 0.2) is 11.4 Å². The second-order valence-corrected chi connectivity index (χ2v) is 5.36. The van der Waals surface area contributed by atoms with Crippen LogP contribution in [0.25, 0.3) is 0 Å². The number of hydrogen-bond donors (Lipinski definition) is 1. The molecule has 0 saturated heterocycles. The summed E-state index contributed by atoms with van der Waals surface area (Å²) in [6, 6.07) is 2.43. The second kappa shape index (κ2) is 3.26. The van der Waals surface area contributed by atoms with Crippen LogP contribution in [-0.4, -0.2) is 7.05 Å². The van der Waals surface area contributed by atoms with Crippen molar-refractivity contribution in [2.45, 2.75) is 25.8 Å². The third-order valence-corrected chi connectivity index (χ3v) is 4.35. The maximum atomic E-state index is 6.12. The predicted octanol–water partition coefficient (Wildman–Crippen LogP) is 3.46. The van der Waals surface area contributed by atoms with Crippen molar-refractivity contribution < 1.29 is 0 Å². The molecule has 1 atom stereocenters. The fourth-order valence-electron chi connectivity index (χ4n) is 1.79. The van der Waals surface area contributed by atoms with E-state index < -0.39 is 0 Å². The van der Waals surface area contributed by atoms with Crippen molar-refractivity contribution in [2.24, 2.45) is 5.41 Å². The summed E-state index contributed by atoms with van der Waals surface area (Å²) in [5, 5.41) is 6.35. The number of hydrogen-bond acceptors (Lipinski definition) is 2. The molecule has 0 radical (unpaired) electrons. The van der Waals surface area contributed by atoms with Gasteiger partial charge in [0.25, 0.3) is 0 Å². The Labute approximate surface area is 88.1 Å². The van der Waals surface area contributed by atoms with Crippen LogP contribution in [0.1, 0.15) is 30.7 Å². The Morgan fingerprint density at radius 1 is 1.62 bits per heavy atom. The minimum Gasteiger partial charge on any atom is -0.312 e. The Hall–Kier alpha value is -0.0500. The van der Waals surface area contributed by atoms with Crippen molar-refractivity contribution in [3.05, 3.63) is 21.3 Å². The van der Waals surface area contributed by atoms with Gasteiger partial charge in [-0.05, 0) is 36.8 Å². The van der Waals surface area contributed by atoms with E-state index in [4.69, 9.17) is 11.6 Å². The van der Waals surface area contributed by atoms with E-state index in [1.807, 2.05) is 13.1 Å². The van der Waals surface area contributed by atoms with Crippen LogP contribution in [0.4, 0.5) is 0 Å². The van der Waals surface area contributed by atoms with Gasteiger partial charge in [0.15, 0.2) is 0 Å². The minimum absolute atomic E-state index is 0.444. The van der Waals surface area contributed by atoms with Gasteiger partial charge in [-0.2, -0.15) is 0 Å². The molecule has 1 aromatic rings. The van der Waals surface area contributed by atoms with Crippen molar-refractivity contribution >= 4 is 22.9 Å². The van der Waals surface area contributed by atoms with Gasteiger partial charge in [0.05, 0.1) is 5.02 Å². The van der Waals surface area contributed by atoms with E-state index in [0.29, 0.717) is 11.5 Å². The standard InChI is InChI=1S/C10H14ClNS/c1-10(4-5-10)9(12-2)8-7(11)3-6-13-8/h3,6,9,12H,4-5H2,1-2H3. The summed E-state index contributed by atoms with van der Waals surface area (Å²) in [5.74, 6) is 0. The highest BCUT2D eigenvalue weighted by Gasteiger charge is 2.45. The molecule has 72 valence electrons. The van der Waals surface area contributed by atoms with Crippen LogP contribution in [0.2, 0.25) is 5.02 Å². The zero-order valence-corrected chi connectivity index (χ0v) is 9.50. The van der Waals surface area contributed by atoms with E-state index in [0.717, 1.165) is 5.02 Å². The molecule has 3 heteroatoms. The third-order valence-electron chi connectivity index (χ3n) is 2.93. The van der Waals surface area contributed by atoms with Crippen LogP contribution < -0.4 is 5.32 Å². The van der Waals surface area contributed by atoms with Gasteiger partial charge in [-0.3, -0.25) is 0 Å². The lowest BCUT2D eigenvalue weighted by molar-refractivity contribution is 0.396. The fraction of sp³-hybridized carbons (Fsp3) is 0.600. The van der Waals surface area contributed by atoms with Crippen molar-refractivity contribution in [1.82, 2.24) is 5.32 Å². The van der Waals surface area contributed by atoms with Gasteiger partial charge in [0.2, 0.25) is 0 Å². The molecular weight excluding hydrogens is 202 g/mol. The lowest BCUT2D eigenvalue weighted by atomic mass is 9.98. The van der Waals surface area contributed by atoms with E-state index in [-0.39, 0.29) is 0 Å². The summed E-state index contributed by atoms with van der Waals surface area (Å²) in [7, 11) is 2.02. The van der Waals surface area contributed by atoms with Crippen molar-refractivity contribution in [3.63, 3.8) is 0 Å².